The van der Waals surface area contributed by atoms with Gasteiger partial charge in [0, 0.05) is 48.3 Å². The van der Waals surface area contributed by atoms with E-state index in [0.717, 1.165) is 64.4 Å². The number of imidazole rings is 1. The average Bonchev–Trinajstić information content (AvgIpc) is 3.44. The summed E-state index contributed by atoms with van der Waals surface area (Å²) in [5, 5.41) is 1.02. The van der Waals surface area contributed by atoms with E-state index in [-0.39, 0.29) is 5.91 Å². The lowest BCUT2D eigenvalue weighted by molar-refractivity contribution is 0.0695. The molecule has 2 aliphatic carbocycles. The Labute approximate surface area is 255 Å². The van der Waals surface area contributed by atoms with Gasteiger partial charge in [0.15, 0.2) is 5.82 Å². The summed E-state index contributed by atoms with van der Waals surface area (Å²) in [5.74, 6) is 2.80. The molecule has 4 heterocycles. The summed E-state index contributed by atoms with van der Waals surface area (Å²) in [4.78, 5) is 37.9. The highest BCUT2D eigenvalue weighted by Crippen LogP contribution is 2.44. The van der Waals surface area contributed by atoms with E-state index < -0.39 is 5.91 Å². The molecule has 0 radical (unpaired) electrons. The maximum absolute atomic E-state index is 13.8. The number of carbonyl (C=O) groups excluding carboxylic acids is 2. The van der Waals surface area contributed by atoms with E-state index in [4.69, 9.17) is 20.4 Å². The van der Waals surface area contributed by atoms with Crippen molar-refractivity contribution in [3.05, 3.63) is 65.7 Å². The number of aromatic nitrogens is 4. The molecule has 2 N–H and O–H groups in total. The number of hydrogen-bond donors (Lipinski definition) is 1. The smallest absolute Gasteiger partial charge is 0.254 e. The lowest BCUT2D eigenvalue weighted by Gasteiger charge is -2.27. The minimum Gasteiger partial charge on any atom is -0.494 e. The van der Waals surface area contributed by atoms with Crippen molar-refractivity contribution < 1.29 is 14.3 Å². The molecule has 2 unspecified atom stereocenters. The molecule has 3 atom stereocenters. The molecule has 1 saturated heterocycles. The summed E-state index contributed by atoms with van der Waals surface area (Å²) < 4.78 is 10.2. The fourth-order valence-electron chi connectivity index (χ4n) is 7.58. The van der Waals surface area contributed by atoms with Crippen LogP contribution >= 0.6 is 0 Å². The number of carbonyl (C=O) groups is 2. The van der Waals surface area contributed by atoms with Crippen LogP contribution in [0.15, 0.2) is 54.6 Å². The van der Waals surface area contributed by atoms with Gasteiger partial charge < -0.3 is 24.5 Å². The summed E-state index contributed by atoms with van der Waals surface area (Å²) >= 11 is 0. The first-order chi connectivity index (χ1) is 21.3. The van der Waals surface area contributed by atoms with E-state index >= 15 is 0 Å². The van der Waals surface area contributed by atoms with Crippen LogP contribution < -0.4 is 10.5 Å². The number of ether oxygens (including phenoxy) is 1. The molecule has 2 aromatic carbocycles. The second-order valence-electron chi connectivity index (χ2n) is 12.9. The number of nitrogens with two attached hydrogens (primary N) is 1. The first kappa shape index (κ1) is 26.9. The first-order valence-electron chi connectivity index (χ1n) is 15.6. The van der Waals surface area contributed by atoms with Gasteiger partial charge in [0.05, 0.1) is 24.0 Å². The molecule has 2 bridgehead atoms. The second-order valence-corrected chi connectivity index (χ2v) is 12.9. The fourth-order valence-corrected chi connectivity index (χ4v) is 7.58. The number of benzene rings is 2. The minimum absolute atomic E-state index is 0.0661. The molecule has 2 saturated carbocycles. The van der Waals surface area contributed by atoms with Crippen molar-refractivity contribution in [3.63, 3.8) is 0 Å². The van der Waals surface area contributed by atoms with Crippen LogP contribution in [0.1, 0.15) is 53.3 Å². The van der Waals surface area contributed by atoms with E-state index in [1.54, 1.807) is 19.2 Å². The predicted molar refractivity (Wildman–Crippen MR) is 169 cm³/mol. The maximum atomic E-state index is 13.8. The normalized spacial score (nSPS) is 21.1. The summed E-state index contributed by atoms with van der Waals surface area (Å²) in [5.41, 5.74) is 11.7. The zero-order valence-electron chi connectivity index (χ0n) is 25.3. The maximum Gasteiger partial charge on any atom is 0.254 e. The van der Waals surface area contributed by atoms with E-state index in [1.165, 1.54) is 19.3 Å². The van der Waals surface area contributed by atoms with Gasteiger partial charge in [-0.2, -0.15) is 0 Å². The number of pyridine rings is 1. The molecule has 1 aliphatic heterocycles. The summed E-state index contributed by atoms with van der Waals surface area (Å²) in [6.07, 6.45) is 4.69. The number of hydrogen-bond acceptors (Lipinski definition) is 5. The van der Waals surface area contributed by atoms with E-state index in [2.05, 4.69) is 33.1 Å². The molecule has 8 rings (SSSR count). The number of rotatable bonds is 7. The van der Waals surface area contributed by atoms with Crippen LogP contribution in [-0.2, 0) is 13.6 Å². The van der Waals surface area contributed by atoms with Crippen LogP contribution in [0.3, 0.4) is 0 Å². The third-order valence-corrected chi connectivity index (χ3v) is 10.2. The highest BCUT2D eigenvalue weighted by molar-refractivity contribution is 6.00. The highest BCUT2D eigenvalue weighted by Gasteiger charge is 2.46. The van der Waals surface area contributed by atoms with Gasteiger partial charge in [-0.15, -0.1) is 0 Å². The van der Waals surface area contributed by atoms with Crippen molar-refractivity contribution in [2.75, 3.05) is 13.7 Å². The zero-order valence-corrected chi connectivity index (χ0v) is 25.3. The predicted octanol–water partition coefficient (Wildman–Crippen LogP) is 5.65. The van der Waals surface area contributed by atoms with Gasteiger partial charge in [-0.3, -0.25) is 9.59 Å². The van der Waals surface area contributed by atoms with Gasteiger partial charge in [0.2, 0.25) is 5.91 Å². The lowest BCUT2D eigenvalue weighted by atomic mass is 10.0. The summed E-state index contributed by atoms with van der Waals surface area (Å²) in [6.45, 7) is 3.96. The van der Waals surface area contributed by atoms with E-state index in [9.17, 15) is 9.59 Å². The Morgan fingerprint density at radius 3 is 2.55 bits per heavy atom. The van der Waals surface area contributed by atoms with Crippen molar-refractivity contribution in [1.29, 1.82) is 0 Å². The van der Waals surface area contributed by atoms with Crippen LogP contribution in [0.25, 0.3) is 44.8 Å². The van der Waals surface area contributed by atoms with Crippen LogP contribution in [-0.4, -0.2) is 55.5 Å². The van der Waals surface area contributed by atoms with Crippen LogP contribution in [0.2, 0.25) is 0 Å². The number of aryl methyl sites for hydroxylation is 1. The van der Waals surface area contributed by atoms with E-state index in [0.29, 0.717) is 40.7 Å². The van der Waals surface area contributed by atoms with E-state index in [1.807, 2.05) is 37.4 Å². The number of primary amides is 1. The van der Waals surface area contributed by atoms with Gasteiger partial charge in [-0.25, -0.2) is 9.97 Å². The molecule has 2 amide bonds. The number of nitrogens with zero attached hydrogens (tertiary/aromatic N) is 5. The number of piperidine rings is 1. The lowest BCUT2D eigenvalue weighted by Crippen LogP contribution is -2.38. The molecule has 5 aromatic rings. The number of fused-ring (bicyclic) bond motifs is 4. The van der Waals surface area contributed by atoms with Gasteiger partial charge in [0.1, 0.15) is 16.9 Å². The summed E-state index contributed by atoms with van der Waals surface area (Å²) in [7, 11) is 3.65. The highest BCUT2D eigenvalue weighted by atomic mass is 16.5. The van der Waals surface area contributed by atoms with Crippen LogP contribution in [0.4, 0.5) is 0 Å². The van der Waals surface area contributed by atoms with Crippen molar-refractivity contribution in [1.82, 2.24) is 24.0 Å². The van der Waals surface area contributed by atoms with Crippen LogP contribution in [0, 0.1) is 17.8 Å². The summed E-state index contributed by atoms with van der Waals surface area (Å²) in [6, 6.07) is 17.6. The standard InChI is InChI=1S/C35H36N6O3/c1-19-24-10-12-28(19)41(18-24)35(43)25-14-27-31(30(16-25)44-3)39(2)34(38-27)29-15-23-9-11-26(21-5-4-6-22(13-21)32(36)42)37-33(23)40(29)17-20-7-8-20/h4-6,9,11,13-16,19-20,24,28H,7-8,10,12,17-18H2,1-3H3,(H2,36,42)/t19-,24?,28?/m1/s1. The van der Waals surface area contributed by atoms with Crippen molar-refractivity contribution in [3.8, 4) is 28.5 Å². The second kappa shape index (κ2) is 9.94. The Hall–Kier alpha value is -4.66. The van der Waals surface area contributed by atoms with Crippen molar-refractivity contribution in [2.45, 2.75) is 45.2 Å². The monoisotopic (exact) mass is 588 g/mol. The Bertz CT molecular complexity index is 1990. The molecule has 3 aromatic heterocycles. The van der Waals surface area contributed by atoms with Gasteiger partial charge >= 0.3 is 0 Å². The molecule has 3 aliphatic rings. The largest absolute Gasteiger partial charge is 0.494 e. The van der Waals surface area contributed by atoms with Gasteiger partial charge in [-0.05, 0) is 85.9 Å². The molecular formula is C35H36N6O3. The topological polar surface area (TPSA) is 108 Å². The number of methoxy groups -OCH3 is 1. The third-order valence-electron chi connectivity index (χ3n) is 10.2. The molecule has 44 heavy (non-hydrogen) atoms. The molecule has 9 nitrogen and oxygen atoms in total. The first-order valence-corrected chi connectivity index (χ1v) is 15.6. The Morgan fingerprint density at radius 1 is 1.00 bits per heavy atom. The van der Waals surface area contributed by atoms with Gasteiger partial charge in [0.25, 0.3) is 5.91 Å². The Morgan fingerprint density at radius 2 is 1.84 bits per heavy atom. The third kappa shape index (κ3) is 4.20. The molecule has 224 valence electrons. The minimum atomic E-state index is -0.461. The fraction of sp³-hybridized carbons (Fsp3) is 0.371. The number of amides is 2. The zero-order chi connectivity index (χ0) is 30.3. The van der Waals surface area contributed by atoms with Crippen LogP contribution in [0.5, 0.6) is 5.75 Å². The SMILES string of the molecule is COc1cc(C(=O)N2CC3CCC2[C@@H]3C)cc2nc(-c3cc4ccc(-c5cccc(C(N)=O)c5)nc4n3CC3CC3)n(C)c12. The number of likely N-dealkylation sites (tertiary alicyclic amines) is 1. The molecule has 0 spiro atoms. The Kier molecular flexibility index (Phi) is 6.08. The molecule has 3 fully saturated rings. The average molecular weight is 589 g/mol. The quantitative estimate of drug-likeness (QED) is 0.265. The molecule has 9 heteroatoms. The molecular weight excluding hydrogens is 552 g/mol. The van der Waals surface area contributed by atoms with Crippen molar-refractivity contribution in [2.24, 2.45) is 30.5 Å². The van der Waals surface area contributed by atoms with Gasteiger partial charge in [-0.1, -0.05) is 19.1 Å². The Balaban J connectivity index is 1.24. The van der Waals surface area contributed by atoms with Crippen molar-refractivity contribution >= 4 is 33.9 Å².